The first-order valence-corrected chi connectivity index (χ1v) is 10.7. The van der Waals surface area contributed by atoms with Crippen molar-refractivity contribution in [3.05, 3.63) is 36.4 Å². The predicted octanol–water partition coefficient (Wildman–Crippen LogP) is 2.76. The van der Waals surface area contributed by atoms with Crippen LogP contribution in [0.4, 0.5) is 0 Å². The fourth-order valence-electron chi connectivity index (χ4n) is 1.87. The summed E-state index contributed by atoms with van der Waals surface area (Å²) < 4.78 is 0. The lowest BCUT2D eigenvalue weighted by atomic mass is 10.1. The molecule has 0 spiro atoms. The van der Waals surface area contributed by atoms with Crippen LogP contribution in [0.2, 0.25) is 26.2 Å². The summed E-state index contributed by atoms with van der Waals surface area (Å²) in [5.74, 6) is 0. The molecule has 0 heterocycles. The van der Waals surface area contributed by atoms with Crippen LogP contribution in [0, 0.1) is 0 Å². The molecule has 2 aromatic rings. The molecule has 82 valence electrons. The molecule has 0 bridgehead atoms. The van der Waals surface area contributed by atoms with Crippen molar-refractivity contribution >= 4 is 38.7 Å². The highest BCUT2D eigenvalue weighted by Gasteiger charge is 2.05. The van der Waals surface area contributed by atoms with Gasteiger partial charge in [0.1, 0.15) is 0 Å². The molecule has 2 aromatic carbocycles. The minimum absolute atomic E-state index is 0.327. The summed E-state index contributed by atoms with van der Waals surface area (Å²) in [6.45, 7) is 9.41. The minimum atomic E-state index is -0.327. The zero-order chi connectivity index (χ0) is 11.7. The van der Waals surface area contributed by atoms with E-state index in [4.69, 9.17) is 0 Å². The molecular weight excluding hydrogens is 224 g/mol. The van der Waals surface area contributed by atoms with Crippen molar-refractivity contribution in [2.75, 3.05) is 0 Å². The zero-order valence-electron chi connectivity index (χ0n) is 10.5. The second-order valence-electron chi connectivity index (χ2n) is 4.78. The van der Waals surface area contributed by atoms with Gasteiger partial charge in [0.15, 0.2) is 0 Å². The molecule has 0 atom stereocenters. The summed E-state index contributed by atoms with van der Waals surface area (Å²) in [5, 5.41) is 5.87. The Labute approximate surface area is 102 Å². The van der Waals surface area contributed by atoms with Gasteiger partial charge in [-0.25, -0.2) is 0 Å². The van der Waals surface area contributed by atoms with Crippen LogP contribution < -0.4 is 10.4 Å². The molecule has 0 saturated heterocycles. The molecular formula is C14H18Si2. The van der Waals surface area contributed by atoms with Gasteiger partial charge in [-0.15, -0.1) is 0 Å². The molecule has 0 N–H and O–H groups in total. The first-order chi connectivity index (χ1) is 7.58. The average Bonchev–Trinajstić information content (AvgIpc) is 2.27. The SMILES string of the molecule is C[Si](C)c1ccc2ccc([Si](C)C)cc2c1. The topological polar surface area (TPSA) is 0 Å². The Morgan fingerprint density at radius 1 is 0.625 bits per heavy atom. The van der Waals surface area contributed by atoms with Crippen LogP contribution in [-0.4, -0.2) is 17.6 Å². The molecule has 16 heavy (non-hydrogen) atoms. The maximum atomic E-state index is 2.39. The van der Waals surface area contributed by atoms with Gasteiger partial charge in [0.25, 0.3) is 0 Å². The number of hydrogen-bond donors (Lipinski definition) is 0. The molecule has 0 unspecified atom stereocenters. The third-order valence-corrected chi connectivity index (χ3v) is 5.93. The molecule has 0 aliphatic heterocycles. The Hall–Kier alpha value is -0.866. The number of hydrogen-bond acceptors (Lipinski definition) is 0. The van der Waals surface area contributed by atoms with E-state index >= 15 is 0 Å². The zero-order valence-corrected chi connectivity index (χ0v) is 12.5. The molecule has 0 aliphatic rings. The summed E-state index contributed by atoms with van der Waals surface area (Å²) in [7, 11) is -0.654. The molecule has 2 heteroatoms. The Balaban J connectivity index is 2.56. The average molecular weight is 242 g/mol. The van der Waals surface area contributed by atoms with Gasteiger partial charge in [-0.05, 0) is 10.8 Å². The summed E-state index contributed by atoms with van der Waals surface area (Å²) in [6, 6.07) is 13.9. The highest BCUT2D eigenvalue weighted by Crippen LogP contribution is 2.11. The van der Waals surface area contributed by atoms with Crippen LogP contribution in [-0.2, 0) is 0 Å². The van der Waals surface area contributed by atoms with E-state index in [9.17, 15) is 0 Å². The van der Waals surface area contributed by atoms with E-state index in [1.54, 1.807) is 0 Å². The van der Waals surface area contributed by atoms with Crippen molar-refractivity contribution in [2.24, 2.45) is 0 Å². The predicted molar refractivity (Wildman–Crippen MR) is 78.2 cm³/mol. The summed E-state index contributed by atoms with van der Waals surface area (Å²) in [5.41, 5.74) is 0. The quantitative estimate of drug-likeness (QED) is 0.711. The third-order valence-electron chi connectivity index (χ3n) is 2.99. The fourth-order valence-corrected chi connectivity index (χ4v) is 3.59. The second kappa shape index (κ2) is 4.56. The standard InChI is InChI=1S/C14H18Si2/c1-15(2)13-7-5-11-6-8-14(16(3)4)10-12(11)9-13/h5-10H,1-4H3. The Morgan fingerprint density at radius 2 is 1.06 bits per heavy atom. The van der Waals surface area contributed by atoms with Gasteiger partial charge in [0.2, 0.25) is 0 Å². The smallest absolute Gasteiger partial charge is 0.0671 e. The van der Waals surface area contributed by atoms with E-state index in [1.807, 2.05) is 0 Å². The van der Waals surface area contributed by atoms with Crippen LogP contribution in [0.15, 0.2) is 36.4 Å². The van der Waals surface area contributed by atoms with Gasteiger partial charge in [-0.2, -0.15) is 0 Å². The Morgan fingerprint density at radius 3 is 1.44 bits per heavy atom. The molecule has 0 saturated carbocycles. The lowest BCUT2D eigenvalue weighted by Crippen LogP contribution is -2.24. The van der Waals surface area contributed by atoms with Crippen molar-refractivity contribution in [1.29, 1.82) is 0 Å². The Bertz CT molecular complexity index is 458. The van der Waals surface area contributed by atoms with E-state index in [1.165, 1.54) is 21.1 Å². The van der Waals surface area contributed by atoms with Crippen LogP contribution in [0.25, 0.3) is 10.8 Å². The second-order valence-corrected chi connectivity index (χ2v) is 9.93. The molecule has 2 radical (unpaired) electrons. The summed E-state index contributed by atoms with van der Waals surface area (Å²) in [6.07, 6.45) is 0. The van der Waals surface area contributed by atoms with E-state index < -0.39 is 0 Å². The summed E-state index contributed by atoms with van der Waals surface area (Å²) in [4.78, 5) is 0. The third kappa shape index (κ3) is 2.28. The van der Waals surface area contributed by atoms with Gasteiger partial charge in [0.05, 0.1) is 17.6 Å². The lowest BCUT2D eigenvalue weighted by Gasteiger charge is -2.08. The van der Waals surface area contributed by atoms with Crippen molar-refractivity contribution < 1.29 is 0 Å². The normalized spacial score (nSPS) is 11.6. The largest absolute Gasteiger partial charge is 0.0791 e. The van der Waals surface area contributed by atoms with Gasteiger partial charge in [0, 0.05) is 0 Å². The monoisotopic (exact) mass is 242 g/mol. The van der Waals surface area contributed by atoms with Gasteiger partial charge in [-0.1, -0.05) is 73.0 Å². The molecule has 0 amide bonds. The van der Waals surface area contributed by atoms with E-state index in [0.29, 0.717) is 0 Å². The van der Waals surface area contributed by atoms with Gasteiger partial charge in [-0.3, -0.25) is 0 Å². The van der Waals surface area contributed by atoms with Crippen LogP contribution in [0.1, 0.15) is 0 Å². The van der Waals surface area contributed by atoms with Crippen LogP contribution >= 0.6 is 0 Å². The Kier molecular flexibility index (Phi) is 3.31. The molecule has 0 aromatic heterocycles. The molecule has 0 fully saturated rings. The van der Waals surface area contributed by atoms with Crippen molar-refractivity contribution in [3.63, 3.8) is 0 Å². The number of rotatable bonds is 2. The number of fused-ring (bicyclic) bond motifs is 1. The minimum Gasteiger partial charge on any atom is -0.0671 e. The molecule has 0 nitrogen and oxygen atoms in total. The van der Waals surface area contributed by atoms with Crippen molar-refractivity contribution in [3.8, 4) is 0 Å². The van der Waals surface area contributed by atoms with E-state index in [-0.39, 0.29) is 17.6 Å². The van der Waals surface area contributed by atoms with E-state index in [0.717, 1.165) is 0 Å². The molecule has 0 aliphatic carbocycles. The van der Waals surface area contributed by atoms with Crippen molar-refractivity contribution in [1.82, 2.24) is 0 Å². The summed E-state index contributed by atoms with van der Waals surface area (Å²) >= 11 is 0. The first kappa shape index (κ1) is 11.6. The highest BCUT2D eigenvalue weighted by molar-refractivity contribution is 6.71. The highest BCUT2D eigenvalue weighted by atomic mass is 28.3. The van der Waals surface area contributed by atoms with Crippen LogP contribution in [0.5, 0.6) is 0 Å². The van der Waals surface area contributed by atoms with Crippen LogP contribution in [0.3, 0.4) is 0 Å². The molecule has 2 rings (SSSR count). The fraction of sp³-hybridized carbons (Fsp3) is 0.286. The first-order valence-electron chi connectivity index (χ1n) is 5.73. The maximum absolute atomic E-state index is 2.39. The number of benzene rings is 2. The van der Waals surface area contributed by atoms with Gasteiger partial charge < -0.3 is 0 Å². The van der Waals surface area contributed by atoms with Gasteiger partial charge >= 0.3 is 0 Å². The maximum Gasteiger partial charge on any atom is 0.0791 e. The van der Waals surface area contributed by atoms with Crippen molar-refractivity contribution in [2.45, 2.75) is 26.2 Å². The lowest BCUT2D eigenvalue weighted by molar-refractivity contribution is 1.78. The van der Waals surface area contributed by atoms with E-state index in [2.05, 4.69) is 62.6 Å².